The SMILES string of the molecule is CC(C)(C)C(=O)CCc1ccc(Cl)c(C(=O)Cc2cccc3c(NC4CCC(F)(F)CC4)ncnc23)c1. The van der Waals surface area contributed by atoms with Gasteiger partial charge in [-0.15, -0.1) is 0 Å². The molecule has 1 saturated carbocycles. The largest absolute Gasteiger partial charge is 0.367 e. The van der Waals surface area contributed by atoms with Crippen molar-refractivity contribution in [2.75, 3.05) is 5.32 Å². The Labute approximate surface area is 221 Å². The number of aromatic nitrogens is 2. The van der Waals surface area contributed by atoms with E-state index in [1.165, 1.54) is 6.33 Å². The molecule has 0 saturated heterocycles. The lowest BCUT2D eigenvalue weighted by Crippen LogP contribution is -2.32. The third-order valence-electron chi connectivity index (χ3n) is 6.97. The molecule has 2 aromatic carbocycles. The number of hydrogen-bond donors (Lipinski definition) is 1. The van der Waals surface area contributed by atoms with Gasteiger partial charge in [0.15, 0.2) is 5.78 Å². The first kappa shape index (κ1) is 27.1. The molecule has 0 spiro atoms. The minimum absolute atomic E-state index is 0.0882. The number of benzene rings is 2. The normalized spacial score (nSPS) is 16.1. The molecule has 8 heteroatoms. The first-order valence-electron chi connectivity index (χ1n) is 12.6. The van der Waals surface area contributed by atoms with Gasteiger partial charge in [-0.05, 0) is 48.6 Å². The van der Waals surface area contributed by atoms with Crippen molar-refractivity contribution in [3.8, 4) is 0 Å². The molecule has 37 heavy (non-hydrogen) atoms. The quantitative estimate of drug-likeness (QED) is 0.312. The van der Waals surface area contributed by atoms with Crippen molar-refractivity contribution >= 4 is 39.9 Å². The second-order valence-corrected chi connectivity index (χ2v) is 11.3. The highest BCUT2D eigenvalue weighted by atomic mass is 35.5. The van der Waals surface area contributed by atoms with Gasteiger partial charge in [0.25, 0.3) is 0 Å². The maximum atomic E-state index is 13.6. The Morgan fingerprint density at radius 3 is 2.54 bits per heavy atom. The Hall–Kier alpha value is -2.93. The highest BCUT2D eigenvalue weighted by Gasteiger charge is 2.35. The van der Waals surface area contributed by atoms with Crippen LogP contribution < -0.4 is 5.32 Å². The zero-order valence-corrected chi connectivity index (χ0v) is 22.2. The van der Waals surface area contributed by atoms with E-state index < -0.39 is 11.3 Å². The molecular formula is C29H32ClF2N3O2. The summed E-state index contributed by atoms with van der Waals surface area (Å²) >= 11 is 6.39. The van der Waals surface area contributed by atoms with Crippen molar-refractivity contribution in [3.05, 3.63) is 64.4 Å². The van der Waals surface area contributed by atoms with Crippen LogP contribution in [0.2, 0.25) is 5.02 Å². The van der Waals surface area contributed by atoms with Crippen LogP contribution in [0.5, 0.6) is 0 Å². The molecule has 0 atom stereocenters. The standard InChI is InChI=1S/C29H32ClF2N3O2/c1-28(2,3)25(37)10-8-18-7-9-23(30)22(15-18)24(36)16-19-5-4-6-21-26(19)33-17-34-27(21)35-20-11-13-29(31,32)14-12-20/h4-7,9,15,17,20H,8,10-14,16H2,1-3H3,(H,33,34,35). The number of para-hydroxylation sites is 1. The lowest BCUT2D eigenvalue weighted by atomic mass is 9.87. The molecule has 0 unspecified atom stereocenters. The second kappa shape index (κ2) is 10.8. The van der Waals surface area contributed by atoms with E-state index in [-0.39, 0.29) is 36.9 Å². The van der Waals surface area contributed by atoms with Gasteiger partial charge in [0.05, 0.1) is 10.5 Å². The number of carbonyl (C=O) groups excluding carboxylic acids is 2. The third kappa shape index (κ3) is 6.69. The number of ketones is 2. The topological polar surface area (TPSA) is 72.0 Å². The minimum atomic E-state index is -2.60. The van der Waals surface area contributed by atoms with Crippen LogP contribution in [-0.4, -0.2) is 33.5 Å². The predicted molar refractivity (Wildman–Crippen MR) is 143 cm³/mol. The third-order valence-corrected chi connectivity index (χ3v) is 7.30. The lowest BCUT2D eigenvalue weighted by Gasteiger charge is -2.29. The van der Waals surface area contributed by atoms with Crippen LogP contribution in [0.25, 0.3) is 10.9 Å². The molecule has 5 nitrogen and oxygen atoms in total. The highest BCUT2D eigenvalue weighted by molar-refractivity contribution is 6.34. The number of nitrogens with one attached hydrogen (secondary N) is 1. The van der Waals surface area contributed by atoms with E-state index in [9.17, 15) is 18.4 Å². The number of nitrogens with zero attached hydrogens (tertiary/aromatic N) is 2. The summed E-state index contributed by atoms with van der Waals surface area (Å²) in [6, 6.07) is 10.8. The van der Waals surface area contributed by atoms with E-state index >= 15 is 0 Å². The number of hydrogen-bond acceptors (Lipinski definition) is 5. The number of alkyl halides is 2. The molecule has 1 aliphatic rings. The van der Waals surface area contributed by atoms with Crippen molar-refractivity contribution in [2.45, 2.75) is 77.7 Å². The average molecular weight is 528 g/mol. The molecule has 4 rings (SSSR count). The summed E-state index contributed by atoms with van der Waals surface area (Å²) in [7, 11) is 0. The van der Waals surface area contributed by atoms with Gasteiger partial charge < -0.3 is 5.32 Å². The molecule has 1 aromatic heterocycles. The van der Waals surface area contributed by atoms with Gasteiger partial charge in [-0.2, -0.15) is 0 Å². The van der Waals surface area contributed by atoms with Crippen molar-refractivity contribution < 1.29 is 18.4 Å². The molecule has 1 N–H and O–H groups in total. The van der Waals surface area contributed by atoms with E-state index in [0.29, 0.717) is 47.6 Å². The Morgan fingerprint density at radius 1 is 1.11 bits per heavy atom. The summed E-state index contributed by atoms with van der Waals surface area (Å²) in [6.07, 6.45) is 2.91. The summed E-state index contributed by atoms with van der Waals surface area (Å²) in [5.74, 6) is -2.00. The number of carbonyl (C=O) groups is 2. The highest BCUT2D eigenvalue weighted by Crippen LogP contribution is 2.35. The molecular weight excluding hydrogens is 496 g/mol. The molecule has 0 aliphatic heterocycles. The minimum Gasteiger partial charge on any atom is -0.367 e. The first-order chi connectivity index (χ1) is 17.4. The number of aryl methyl sites for hydroxylation is 1. The van der Waals surface area contributed by atoms with Crippen LogP contribution in [0.1, 0.15) is 74.4 Å². The fourth-order valence-electron chi connectivity index (χ4n) is 4.63. The zero-order valence-electron chi connectivity index (χ0n) is 21.4. The maximum Gasteiger partial charge on any atom is 0.248 e. The fourth-order valence-corrected chi connectivity index (χ4v) is 4.85. The van der Waals surface area contributed by atoms with Crippen LogP contribution in [-0.2, 0) is 17.6 Å². The van der Waals surface area contributed by atoms with Gasteiger partial charge in [-0.1, -0.05) is 50.6 Å². The number of rotatable bonds is 8. The predicted octanol–water partition coefficient (Wildman–Crippen LogP) is 7.25. The lowest BCUT2D eigenvalue weighted by molar-refractivity contribution is -0.126. The van der Waals surface area contributed by atoms with Gasteiger partial charge in [-0.3, -0.25) is 9.59 Å². The van der Waals surface area contributed by atoms with Crippen molar-refractivity contribution in [2.24, 2.45) is 5.41 Å². The number of Topliss-reactive ketones (excluding diaryl/α,β-unsaturated/α-hetero) is 2. The molecule has 0 bridgehead atoms. The first-order valence-corrected chi connectivity index (χ1v) is 13.0. The Kier molecular flexibility index (Phi) is 7.93. The summed E-state index contributed by atoms with van der Waals surface area (Å²) < 4.78 is 27.1. The van der Waals surface area contributed by atoms with Crippen molar-refractivity contribution in [1.29, 1.82) is 0 Å². The summed E-state index contributed by atoms with van der Waals surface area (Å²) in [5, 5.41) is 4.41. The van der Waals surface area contributed by atoms with Crippen LogP contribution in [0.3, 0.4) is 0 Å². The van der Waals surface area contributed by atoms with Crippen LogP contribution in [0.15, 0.2) is 42.7 Å². The molecule has 1 heterocycles. The van der Waals surface area contributed by atoms with Crippen molar-refractivity contribution in [1.82, 2.24) is 9.97 Å². The molecule has 196 valence electrons. The zero-order chi connectivity index (χ0) is 26.8. The monoisotopic (exact) mass is 527 g/mol. The second-order valence-electron chi connectivity index (χ2n) is 10.9. The fraction of sp³-hybridized carbons (Fsp3) is 0.448. The number of fused-ring (bicyclic) bond motifs is 1. The average Bonchev–Trinajstić information content (AvgIpc) is 2.84. The Morgan fingerprint density at radius 2 is 1.84 bits per heavy atom. The van der Waals surface area contributed by atoms with Gasteiger partial charge >= 0.3 is 0 Å². The smallest absolute Gasteiger partial charge is 0.248 e. The molecule has 1 aliphatic carbocycles. The Balaban J connectivity index is 1.52. The van der Waals surface area contributed by atoms with Crippen LogP contribution in [0, 0.1) is 5.41 Å². The van der Waals surface area contributed by atoms with Gasteiger partial charge in [0.1, 0.15) is 17.9 Å². The molecule has 3 aromatic rings. The van der Waals surface area contributed by atoms with Crippen molar-refractivity contribution in [3.63, 3.8) is 0 Å². The molecule has 0 radical (unpaired) electrons. The summed E-state index contributed by atoms with van der Waals surface area (Å²) in [5.41, 5.74) is 2.26. The van der Waals surface area contributed by atoms with Gasteiger partial charge in [-0.25, -0.2) is 18.7 Å². The van der Waals surface area contributed by atoms with E-state index in [1.54, 1.807) is 12.1 Å². The summed E-state index contributed by atoms with van der Waals surface area (Å²) in [4.78, 5) is 34.4. The Bertz CT molecular complexity index is 1310. The number of anilines is 1. The van der Waals surface area contributed by atoms with E-state index in [0.717, 1.165) is 16.5 Å². The van der Waals surface area contributed by atoms with Crippen LogP contribution >= 0.6 is 11.6 Å². The molecule has 1 fully saturated rings. The van der Waals surface area contributed by atoms with Gasteiger partial charge in [0.2, 0.25) is 5.92 Å². The maximum absolute atomic E-state index is 13.6. The van der Waals surface area contributed by atoms with E-state index in [4.69, 9.17) is 11.6 Å². The van der Waals surface area contributed by atoms with E-state index in [2.05, 4.69) is 15.3 Å². The van der Waals surface area contributed by atoms with Gasteiger partial charge in [0, 0.05) is 48.1 Å². The number of halogens is 3. The van der Waals surface area contributed by atoms with Crippen LogP contribution in [0.4, 0.5) is 14.6 Å². The molecule has 0 amide bonds. The summed E-state index contributed by atoms with van der Waals surface area (Å²) in [6.45, 7) is 5.69. The van der Waals surface area contributed by atoms with E-state index in [1.807, 2.05) is 45.0 Å².